The lowest BCUT2D eigenvalue weighted by atomic mass is 10.1. The van der Waals surface area contributed by atoms with E-state index in [2.05, 4.69) is 20.2 Å². The number of rotatable bonds is 5. The standard InChI is InChI=1S/C23H27ClN6O2/c1-16-15-17(2)30(27-16)21-10-9-20(25-26-21)28-11-13-29(14-12-28)22(31)23(3,4)32-19-7-5-18(24)6-8-19/h5-10,15H,11-14H2,1-4H3. The molecule has 1 saturated heterocycles. The van der Waals surface area contributed by atoms with E-state index >= 15 is 0 Å². The Labute approximate surface area is 192 Å². The summed E-state index contributed by atoms with van der Waals surface area (Å²) in [4.78, 5) is 17.1. The van der Waals surface area contributed by atoms with Crippen LogP contribution in [0.3, 0.4) is 0 Å². The maximum Gasteiger partial charge on any atom is 0.266 e. The van der Waals surface area contributed by atoms with Crippen molar-refractivity contribution in [2.45, 2.75) is 33.3 Å². The number of benzene rings is 1. The predicted molar refractivity (Wildman–Crippen MR) is 124 cm³/mol. The maximum atomic E-state index is 13.1. The molecule has 0 radical (unpaired) electrons. The molecule has 0 saturated carbocycles. The number of ether oxygens (including phenoxy) is 1. The Bertz CT molecular complexity index is 1090. The molecule has 0 spiro atoms. The summed E-state index contributed by atoms with van der Waals surface area (Å²) in [5.74, 6) is 2.05. The molecule has 32 heavy (non-hydrogen) atoms. The van der Waals surface area contributed by atoms with E-state index in [1.54, 1.807) is 42.8 Å². The molecule has 3 aromatic rings. The molecule has 1 aromatic carbocycles. The number of halogens is 1. The van der Waals surface area contributed by atoms with E-state index in [9.17, 15) is 4.79 Å². The highest BCUT2D eigenvalue weighted by molar-refractivity contribution is 6.30. The Balaban J connectivity index is 1.36. The number of amides is 1. The van der Waals surface area contributed by atoms with E-state index < -0.39 is 5.60 Å². The van der Waals surface area contributed by atoms with Gasteiger partial charge in [-0.25, -0.2) is 4.68 Å². The second kappa shape index (κ2) is 8.78. The number of anilines is 1. The lowest BCUT2D eigenvalue weighted by molar-refractivity contribution is -0.145. The van der Waals surface area contributed by atoms with Gasteiger partial charge in [0, 0.05) is 36.9 Å². The van der Waals surface area contributed by atoms with Crippen LogP contribution < -0.4 is 9.64 Å². The third-order valence-electron chi connectivity index (χ3n) is 5.46. The number of carbonyl (C=O) groups is 1. The average Bonchev–Trinajstić information content (AvgIpc) is 3.13. The molecule has 0 N–H and O–H groups in total. The molecule has 3 heterocycles. The summed E-state index contributed by atoms with van der Waals surface area (Å²) in [7, 11) is 0. The minimum absolute atomic E-state index is 0.0435. The van der Waals surface area contributed by atoms with E-state index in [1.807, 2.05) is 36.9 Å². The number of hydrogen-bond acceptors (Lipinski definition) is 6. The summed E-state index contributed by atoms with van der Waals surface area (Å²) in [5, 5.41) is 13.8. The van der Waals surface area contributed by atoms with Crippen LogP contribution in [-0.2, 0) is 4.79 Å². The fourth-order valence-electron chi connectivity index (χ4n) is 3.82. The first-order valence-corrected chi connectivity index (χ1v) is 11.0. The molecule has 2 aromatic heterocycles. The molecular formula is C23H27ClN6O2. The van der Waals surface area contributed by atoms with Gasteiger partial charge in [0.1, 0.15) is 5.75 Å². The first-order valence-electron chi connectivity index (χ1n) is 10.6. The normalized spacial score (nSPS) is 14.5. The van der Waals surface area contributed by atoms with E-state index in [0.29, 0.717) is 42.8 Å². The van der Waals surface area contributed by atoms with Crippen LogP contribution in [0.2, 0.25) is 5.02 Å². The van der Waals surface area contributed by atoms with Crippen LogP contribution in [0.25, 0.3) is 5.82 Å². The number of piperazine rings is 1. The van der Waals surface area contributed by atoms with Crippen molar-refractivity contribution in [1.82, 2.24) is 24.9 Å². The van der Waals surface area contributed by atoms with Gasteiger partial charge in [-0.3, -0.25) is 4.79 Å². The van der Waals surface area contributed by atoms with Gasteiger partial charge in [-0.1, -0.05) is 11.6 Å². The van der Waals surface area contributed by atoms with Crippen molar-refractivity contribution in [2.24, 2.45) is 0 Å². The molecule has 0 unspecified atom stereocenters. The lowest BCUT2D eigenvalue weighted by Crippen LogP contribution is -2.56. The topological polar surface area (TPSA) is 76.4 Å². The van der Waals surface area contributed by atoms with Gasteiger partial charge in [-0.15, -0.1) is 10.2 Å². The molecule has 0 aliphatic carbocycles. The SMILES string of the molecule is Cc1cc(C)n(-c2ccc(N3CCN(C(=O)C(C)(C)Oc4ccc(Cl)cc4)CC3)nn2)n1. The highest BCUT2D eigenvalue weighted by atomic mass is 35.5. The third-order valence-corrected chi connectivity index (χ3v) is 5.71. The summed E-state index contributed by atoms with van der Waals surface area (Å²) < 4.78 is 7.74. The molecular weight excluding hydrogens is 428 g/mol. The van der Waals surface area contributed by atoms with Crippen LogP contribution >= 0.6 is 11.6 Å². The first-order chi connectivity index (χ1) is 15.2. The highest BCUT2D eigenvalue weighted by Gasteiger charge is 2.36. The smallest absolute Gasteiger partial charge is 0.266 e. The highest BCUT2D eigenvalue weighted by Crippen LogP contribution is 2.23. The third kappa shape index (κ3) is 4.70. The summed E-state index contributed by atoms with van der Waals surface area (Å²) in [6, 6.07) is 12.9. The van der Waals surface area contributed by atoms with Gasteiger partial charge in [0.05, 0.1) is 5.69 Å². The Morgan fingerprint density at radius 2 is 1.59 bits per heavy atom. The molecule has 1 amide bonds. The largest absolute Gasteiger partial charge is 0.478 e. The van der Waals surface area contributed by atoms with E-state index in [4.69, 9.17) is 16.3 Å². The fraction of sp³-hybridized carbons (Fsp3) is 0.391. The van der Waals surface area contributed by atoms with Gasteiger partial charge in [0.15, 0.2) is 17.2 Å². The van der Waals surface area contributed by atoms with Crippen LogP contribution in [0.1, 0.15) is 25.2 Å². The van der Waals surface area contributed by atoms with Gasteiger partial charge in [0.25, 0.3) is 5.91 Å². The summed E-state index contributed by atoms with van der Waals surface area (Å²) in [6.07, 6.45) is 0. The van der Waals surface area contributed by atoms with Crippen molar-refractivity contribution in [3.8, 4) is 11.6 Å². The predicted octanol–water partition coefficient (Wildman–Crippen LogP) is 3.44. The summed E-state index contributed by atoms with van der Waals surface area (Å²) in [5.41, 5.74) is 0.981. The summed E-state index contributed by atoms with van der Waals surface area (Å²) in [6.45, 7) is 10.1. The van der Waals surface area contributed by atoms with Crippen LogP contribution in [0.15, 0.2) is 42.5 Å². The zero-order valence-electron chi connectivity index (χ0n) is 18.7. The van der Waals surface area contributed by atoms with Gasteiger partial charge in [0.2, 0.25) is 0 Å². The van der Waals surface area contributed by atoms with E-state index in [0.717, 1.165) is 17.2 Å². The average molecular weight is 455 g/mol. The first kappa shape index (κ1) is 22.1. The van der Waals surface area contributed by atoms with Gasteiger partial charge in [-0.2, -0.15) is 5.10 Å². The number of aryl methyl sites for hydroxylation is 2. The lowest BCUT2D eigenvalue weighted by Gasteiger charge is -2.38. The van der Waals surface area contributed by atoms with Gasteiger partial charge >= 0.3 is 0 Å². The number of nitrogens with zero attached hydrogens (tertiary/aromatic N) is 6. The Morgan fingerprint density at radius 1 is 0.969 bits per heavy atom. The van der Waals surface area contributed by atoms with Crippen molar-refractivity contribution < 1.29 is 9.53 Å². The molecule has 8 nitrogen and oxygen atoms in total. The second-order valence-electron chi connectivity index (χ2n) is 8.43. The van der Waals surface area contributed by atoms with Gasteiger partial charge in [-0.05, 0) is 70.2 Å². The molecule has 0 atom stereocenters. The van der Waals surface area contributed by atoms with Gasteiger partial charge < -0.3 is 14.5 Å². The molecule has 168 valence electrons. The van der Waals surface area contributed by atoms with Crippen molar-refractivity contribution in [2.75, 3.05) is 31.1 Å². The van der Waals surface area contributed by atoms with Crippen molar-refractivity contribution >= 4 is 23.3 Å². The quantitative estimate of drug-likeness (QED) is 0.587. The minimum Gasteiger partial charge on any atom is -0.478 e. The Morgan fingerprint density at radius 3 is 2.16 bits per heavy atom. The number of aromatic nitrogens is 4. The Hall–Kier alpha value is -3.13. The molecule has 4 rings (SSSR count). The molecule has 1 fully saturated rings. The zero-order valence-corrected chi connectivity index (χ0v) is 19.5. The zero-order chi connectivity index (χ0) is 22.9. The van der Waals surface area contributed by atoms with Crippen LogP contribution in [0.5, 0.6) is 5.75 Å². The molecule has 1 aliphatic heterocycles. The number of hydrogen-bond donors (Lipinski definition) is 0. The maximum absolute atomic E-state index is 13.1. The Kier molecular flexibility index (Phi) is 6.06. The van der Waals surface area contributed by atoms with Crippen molar-refractivity contribution in [3.63, 3.8) is 0 Å². The van der Waals surface area contributed by atoms with Crippen LogP contribution in [0.4, 0.5) is 5.82 Å². The van der Waals surface area contributed by atoms with Crippen molar-refractivity contribution in [1.29, 1.82) is 0 Å². The molecule has 0 bridgehead atoms. The number of carbonyl (C=O) groups excluding carboxylic acids is 1. The van der Waals surface area contributed by atoms with E-state index in [1.165, 1.54) is 0 Å². The molecule has 9 heteroatoms. The molecule has 1 aliphatic rings. The summed E-state index contributed by atoms with van der Waals surface area (Å²) >= 11 is 5.93. The van der Waals surface area contributed by atoms with Crippen LogP contribution in [-0.4, -0.2) is 62.6 Å². The second-order valence-corrected chi connectivity index (χ2v) is 8.87. The van der Waals surface area contributed by atoms with Crippen LogP contribution in [0, 0.1) is 13.8 Å². The van der Waals surface area contributed by atoms with E-state index in [-0.39, 0.29) is 5.91 Å². The minimum atomic E-state index is -0.975. The monoisotopic (exact) mass is 454 g/mol. The van der Waals surface area contributed by atoms with Crippen molar-refractivity contribution in [3.05, 3.63) is 58.9 Å². The fourth-order valence-corrected chi connectivity index (χ4v) is 3.95.